The highest BCUT2D eigenvalue weighted by molar-refractivity contribution is 6.41. The summed E-state index contributed by atoms with van der Waals surface area (Å²) in [6.45, 7) is 5.98. The van der Waals surface area contributed by atoms with Crippen LogP contribution in [0.15, 0.2) is 42.7 Å². The Kier molecular flexibility index (Phi) is 11.5. The van der Waals surface area contributed by atoms with Crippen LogP contribution < -0.4 is 10.2 Å². The van der Waals surface area contributed by atoms with Crippen LogP contribution in [0.1, 0.15) is 25.0 Å². The van der Waals surface area contributed by atoms with Crippen LogP contribution in [-0.4, -0.2) is 77.0 Å². The van der Waals surface area contributed by atoms with E-state index in [4.69, 9.17) is 0 Å². The van der Waals surface area contributed by atoms with Gasteiger partial charge in [-0.3, -0.25) is 19.4 Å². The lowest BCUT2D eigenvalue weighted by molar-refractivity contribution is -0.193. The van der Waals surface area contributed by atoms with E-state index in [0.717, 1.165) is 23.4 Å². The van der Waals surface area contributed by atoms with Gasteiger partial charge in [0.15, 0.2) is 0 Å². The van der Waals surface area contributed by atoms with E-state index >= 15 is 0 Å². The number of rotatable bonds is 7. The standard InChI is InChI=1S/C22H27F3N4O2.C4F6O2/c1-15(2)20(27-18-5-3-17(4-6-18)22(23,24)25)21(31)29-11-9-28(10-12-29)19-7-8-26-13-16(19)14-30;5-3(6,7)1(11)2(12)4(8,9)10/h3-8,13,15,20,27,30H,9-12,14H2,1-2H3;/t20-;/m1./s1. The van der Waals surface area contributed by atoms with E-state index in [-0.39, 0.29) is 18.4 Å². The van der Waals surface area contributed by atoms with Gasteiger partial charge >= 0.3 is 30.1 Å². The summed E-state index contributed by atoms with van der Waals surface area (Å²) in [5.74, 6) is -6.94. The summed E-state index contributed by atoms with van der Waals surface area (Å²) in [7, 11) is 0. The molecule has 0 saturated carbocycles. The molecule has 2 heterocycles. The molecule has 238 valence electrons. The van der Waals surface area contributed by atoms with Crippen molar-refractivity contribution >= 4 is 28.8 Å². The van der Waals surface area contributed by atoms with Gasteiger partial charge in [-0.2, -0.15) is 39.5 Å². The summed E-state index contributed by atoms with van der Waals surface area (Å²) < 4.78 is 105. The Bertz CT molecular complexity index is 1230. The highest BCUT2D eigenvalue weighted by atomic mass is 19.4. The third-order valence-electron chi connectivity index (χ3n) is 6.17. The maximum atomic E-state index is 13.2. The molecule has 1 aliphatic heterocycles. The Labute approximate surface area is 239 Å². The number of carbonyl (C=O) groups is 3. The molecule has 1 fully saturated rings. The molecule has 1 aromatic heterocycles. The van der Waals surface area contributed by atoms with E-state index in [0.29, 0.717) is 31.9 Å². The maximum absolute atomic E-state index is 13.2. The van der Waals surface area contributed by atoms with Crippen LogP contribution in [0, 0.1) is 5.92 Å². The summed E-state index contributed by atoms with van der Waals surface area (Å²) in [4.78, 5) is 40.3. The number of ketones is 2. The summed E-state index contributed by atoms with van der Waals surface area (Å²) in [5.41, 5.74) is 1.40. The number of alkyl halides is 9. The van der Waals surface area contributed by atoms with Crippen LogP contribution in [0.3, 0.4) is 0 Å². The van der Waals surface area contributed by atoms with Crippen LogP contribution in [0.25, 0.3) is 0 Å². The molecule has 17 heteroatoms. The van der Waals surface area contributed by atoms with Gasteiger partial charge in [0.1, 0.15) is 6.04 Å². The molecule has 1 saturated heterocycles. The van der Waals surface area contributed by atoms with Gasteiger partial charge in [0, 0.05) is 55.5 Å². The molecule has 2 N–H and O–H groups in total. The first-order chi connectivity index (χ1) is 19.8. The van der Waals surface area contributed by atoms with E-state index in [2.05, 4.69) is 15.2 Å². The first-order valence-corrected chi connectivity index (χ1v) is 12.5. The second-order valence-corrected chi connectivity index (χ2v) is 9.57. The molecule has 0 radical (unpaired) electrons. The number of Topliss-reactive ketones (excluding diaryl/α,β-unsaturated/α-hetero) is 2. The number of halogens is 9. The maximum Gasteiger partial charge on any atom is 0.458 e. The predicted molar refractivity (Wildman–Crippen MR) is 135 cm³/mol. The fraction of sp³-hybridized carbons (Fsp3) is 0.462. The summed E-state index contributed by atoms with van der Waals surface area (Å²) in [5, 5.41) is 12.6. The quantitative estimate of drug-likeness (QED) is 0.340. The topological polar surface area (TPSA) is 103 Å². The Hall–Kier alpha value is -3.89. The zero-order valence-corrected chi connectivity index (χ0v) is 22.6. The molecule has 1 aliphatic rings. The number of carbonyl (C=O) groups excluding carboxylic acids is 3. The molecule has 0 aliphatic carbocycles. The van der Waals surface area contributed by atoms with Crippen LogP contribution in [0.4, 0.5) is 50.9 Å². The Morgan fingerprint density at radius 3 is 1.79 bits per heavy atom. The lowest BCUT2D eigenvalue weighted by Gasteiger charge is -2.39. The van der Waals surface area contributed by atoms with Gasteiger partial charge in [0.05, 0.1) is 12.2 Å². The van der Waals surface area contributed by atoms with E-state index in [1.54, 1.807) is 17.3 Å². The number of anilines is 2. The Morgan fingerprint density at radius 2 is 1.37 bits per heavy atom. The van der Waals surface area contributed by atoms with Gasteiger partial charge in [0.25, 0.3) is 0 Å². The fourth-order valence-corrected chi connectivity index (χ4v) is 3.92. The second kappa shape index (κ2) is 14.1. The number of benzene rings is 1. The van der Waals surface area contributed by atoms with Crippen molar-refractivity contribution in [2.24, 2.45) is 5.92 Å². The molecule has 2 aromatic rings. The van der Waals surface area contributed by atoms with Gasteiger partial charge in [-0.15, -0.1) is 0 Å². The van der Waals surface area contributed by atoms with E-state index < -0.39 is 41.7 Å². The first-order valence-electron chi connectivity index (χ1n) is 12.5. The van der Waals surface area contributed by atoms with Crippen molar-refractivity contribution in [2.75, 3.05) is 36.4 Å². The molecule has 43 heavy (non-hydrogen) atoms. The number of hydrogen-bond donors (Lipinski definition) is 2. The van der Waals surface area contributed by atoms with Gasteiger partial charge < -0.3 is 20.2 Å². The lowest BCUT2D eigenvalue weighted by atomic mass is 10.0. The number of aliphatic hydroxyl groups is 1. The number of nitrogens with zero attached hydrogens (tertiary/aromatic N) is 3. The van der Waals surface area contributed by atoms with Crippen molar-refractivity contribution in [3.63, 3.8) is 0 Å². The molecule has 0 bridgehead atoms. The molecular formula is C26H27F9N4O4. The normalized spacial score (nSPS) is 15.0. The van der Waals surface area contributed by atoms with Crippen molar-refractivity contribution in [2.45, 2.75) is 45.0 Å². The van der Waals surface area contributed by atoms with Gasteiger partial charge in [0.2, 0.25) is 5.91 Å². The van der Waals surface area contributed by atoms with Crippen molar-refractivity contribution in [3.8, 4) is 0 Å². The van der Waals surface area contributed by atoms with Gasteiger partial charge in [-0.1, -0.05) is 13.8 Å². The minimum Gasteiger partial charge on any atom is -0.392 e. The van der Waals surface area contributed by atoms with Crippen LogP contribution in [0.2, 0.25) is 0 Å². The molecule has 0 unspecified atom stereocenters. The van der Waals surface area contributed by atoms with Crippen molar-refractivity contribution in [1.29, 1.82) is 0 Å². The monoisotopic (exact) mass is 630 g/mol. The summed E-state index contributed by atoms with van der Waals surface area (Å²) >= 11 is 0. The highest BCUT2D eigenvalue weighted by Crippen LogP contribution is 2.30. The number of amides is 1. The molecule has 1 atom stereocenters. The first kappa shape index (κ1) is 35.3. The predicted octanol–water partition coefficient (Wildman–Crippen LogP) is 4.63. The SMILES string of the molecule is CC(C)[C@@H](Nc1ccc(C(F)(F)F)cc1)C(=O)N1CCN(c2ccncc2CO)CC1.O=C(C(=O)C(F)(F)F)C(F)(F)F. The molecular weight excluding hydrogens is 603 g/mol. The van der Waals surface area contributed by atoms with Crippen LogP contribution >= 0.6 is 0 Å². The molecule has 3 rings (SSSR count). The molecule has 1 aromatic carbocycles. The van der Waals surface area contributed by atoms with Crippen molar-refractivity contribution in [1.82, 2.24) is 9.88 Å². The number of aromatic nitrogens is 1. The summed E-state index contributed by atoms with van der Waals surface area (Å²) in [6.07, 6.45) is -12.6. The average molecular weight is 631 g/mol. The molecule has 1 amide bonds. The van der Waals surface area contributed by atoms with Crippen LogP contribution in [0.5, 0.6) is 0 Å². The number of pyridine rings is 1. The zero-order valence-electron chi connectivity index (χ0n) is 22.6. The van der Waals surface area contributed by atoms with Crippen molar-refractivity contribution in [3.05, 3.63) is 53.9 Å². The highest BCUT2D eigenvalue weighted by Gasteiger charge is 2.54. The van der Waals surface area contributed by atoms with Gasteiger partial charge in [-0.25, -0.2) is 0 Å². The minimum absolute atomic E-state index is 0.0472. The summed E-state index contributed by atoms with van der Waals surface area (Å²) in [6, 6.07) is 6.03. The number of nitrogens with one attached hydrogen (secondary N) is 1. The average Bonchev–Trinajstić information content (AvgIpc) is 2.93. The second-order valence-electron chi connectivity index (χ2n) is 9.57. The third kappa shape index (κ3) is 9.83. The number of aliphatic hydroxyl groups excluding tert-OH is 1. The lowest BCUT2D eigenvalue weighted by Crippen LogP contribution is -2.54. The van der Waals surface area contributed by atoms with E-state index in [9.17, 15) is 59.0 Å². The smallest absolute Gasteiger partial charge is 0.392 e. The van der Waals surface area contributed by atoms with E-state index in [1.807, 2.05) is 19.9 Å². The largest absolute Gasteiger partial charge is 0.458 e. The zero-order chi connectivity index (χ0) is 32.8. The van der Waals surface area contributed by atoms with Crippen LogP contribution in [-0.2, 0) is 27.2 Å². The Balaban J connectivity index is 0.000000455. The van der Waals surface area contributed by atoms with Crippen molar-refractivity contribution < 1.29 is 59.0 Å². The number of piperazine rings is 1. The minimum atomic E-state index is -5.77. The number of hydrogen-bond acceptors (Lipinski definition) is 7. The Morgan fingerprint density at radius 1 is 0.860 bits per heavy atom. The molecule has 8 nitrogen and oxygen atoms in total. The molecule has 0 spiro atoms. The third-order valence-corrected chi connectivity index (χ3v) is 6.17. The van der Waals surface area contributed by atoms with E-state index in [1.165, 1.54) is 12.1 Å². The fourth-order valence-electron chi connectivity index (χ4n) is 3.92. The van der Waals surface area contributed by atoms with Gasteiger partial charge in [-0.05, 0) is 36.2 Å².